The van der Waals surface area contributed by atoms with Crippen molar-refractivity contribution < 1.29 is 14.2 Å². The van der Waals surface area contributed by atoms with E-state index < -0.39 is 0 Å². The van der Waals surface area contributed by atoms with Crippen molar-refractivity contribution in [2.45, 2.75) is 6.92 Å². The van der Waals surface area contributed by atoms with Gasteiger partial charge in [-0.1, -0.05) is 84.4 Å². The highest BCUT2D eigenvalue weighted by Gasteiger charge is 2.22. The summed E-state index contributed by atoms with van der Waals surface area (Å²) >= 11 is 0. The van der Waals surface area contributed by atoms with Crippen molar-refractivity contribution in [2.24, 2.45) is 0 Å². The average molecular weight is 485 g/mol. The average Bonchev–Trinajstić information content (AvgIpc) is 2.96. The van der Waals surface area contributed by atoms with Crippen LogP contribution in [0.3, 0.4) is 0 Å². The molecule has 0 fully saturated rings. The molecule has 182 valence electrons. The summed E-state index contributed by atoms with van der Waals surface area (Å²) in [5.74, 6) is 1.92. The molecule has 0 saturated heterocycles. The van der Waals surface area contributed by atoms with Crippen LogP contribution in [0.15, 0.2) is 97.1 Å². The molecule has 0 aliphatic carbocycles. The van der Waals surface area contributed by atoms with E-state index in [2.05, 4.69) is 104 Å². The monoisotopic (exact) mass is 484 g/mol. The molecule has 0 aromatic heterocycles. The maximum absolute atomic E-state index is 5.99. The number of fused-ring (bicyclic) bond motifs is 6. The van der Waals surface area contributed by atoms with Crippen molar-refractivity contribution in [3.8, 4) is 39.5 Å². The summed E-state index contributed by atoms with van der Waals surface area (Å²) in [5, 5.41) is 6.72. The van der Waals surface area contributed by atoms with Crippen LogP contribution in [0.2, 0.25) is 0 Å². The van der Waals surface area contributed by atoms with Gasteiger partial charge in [-0.25, -0.2) is 0 Å². The zero-order valence-electron chi connectivity index (χ0n) is 21.5. The number of hydrogen-bond acceptors (Lipinski definition) is 3. The Balaban J connectivity index is 1.88. The molecule has 6 rings (SSSR count). The van der Waals surface area contributed by atoms with Gasteiger partial charge in [-0.2, -0.15) is 0 Å². The SMILES string of the molecule is COc1cc2c3c(-c4ccccc4)cc(-c4ccc(C)cc4)cc3c3ccccc3c2c(OC)c1OC. The maximum Gasteiger partial charge on any atom is 0.203 e. The van der Waals surface area contributed by atoms with Crippen LogP contribution in [-0.2, 0) is 0 Å². The quantitative estimate of drug-likeness (QED) is 0.229. The van der Waals surface area contributed by atoms with E-state index in [0.29, 0.717) is 17.2 Å². The van der Waals surface area contributed by atoms with Crippen LogP contribution in [0.4, 0.5) is 0 Å². The van der Waals surface area contributed by atoms with Gasteiger partial charge in [0, 0.05) is 5.39 Å². The summed E-state index contributed by atoms with van der Waals surface area (Å²) in [6.07, 6.45) is 0. The number of rotatable bonds is 5. The molecule has 0 radical (unpaired) electrons. The van der Waals surface area contributed by atoms with Crippen LogP contribution in [0, 0.1) is 6.92 Å². The molecule has 0 saturated carbocycles. The number of aryl methyl sites for hydroxylation is 1. The minimum absolute atomic E-state index is 0.597. The molecule has 3 nitrogen and oxygen atoms in total. The molecule has 37 heavy (non-hydrogen) atoms. The lowest BCUT2D eigenvalue weighted by Crippen LogP contribution is -1.98. The highest BCUT2D eigenvalue weighted by Crippen LogP contribution is 2.51. The zero-order chi connectivity index (χ0) is 25.5. The van der Waals surface area contributed by atoms with Crippen molar-refractivity contribution in [3.63, 3.8) is 0 Å². The standard InChI is InChI=1S/C34H28O3/c1-21-14-16-22(17-15-21)24-18-27(23-10-6-5-7-11-23)31-28(19-24)25-12-8-9-13-26(25)32-29(31)20-30(35-2)33(36-3)34(32)37-4/h5-20H,1-4H3. The van der Waals surface area contributed by atoms with Gasteiger partial charge >= 0.3 is 0 Å². The molecule has 0 amide bonds. The van der Waals surface area contributed by atoms with E-state index in [0.717, 1.165) is 27.1 Å². The van der Waals surface area contributed by atoms with Gasteiger partial charge in [0.25, 0.3) is 0 Å². The Bertz CT molecular complexity index is 1770. The van der Waals surface area contributed by atoms with Crippen molar-refractivity contribution in [1.29, 1.82) is 0 Å². The van der Waals surface area contributed by atoms with Crippen LogP contribution < -0.4 is 14.2 Å². The van der Waals surface area contributed by atoms with Gasteiger partial charge in [0.05, 0.1) is 21.3 Å². The Morgan fingerprint density at radius 1 is 0.459 bits per heavy atom. The molecule has 0 bridgehead atoms. The smallest absolute Gasteiger partial charge is 0.203 e. The van der Waals surface area contributed by atoms with Crippen molar-refractivity contribution >= 4 is 32.3 Å². The third-order valence-corrected chi connectivity index (χ3v) is 7.19. The molecule has 0 heterocycles. The number of ether oxygens (including phenoxy) is 3. The highest BCUT2D eigenvalue weighted by atomic mass is 16.5. The second-order valence-electron chi connectivity index (χ2n) is 9.29. The first-order valence-corrected chi connectivity index (χ1v) is 12.4. The Morgan fingerprint density at radius 3 is 1.81 bits per heavy atom. The van der Waals surface area contributed by atoms with Gasteiger partial charge in [-0.3, -0.25) is 0 Å². The van der Waals surface area contributed by atoms with Crippen LogP contribution in [-0.4, -0.2) is 21.3 Å². The first-order valence-electron chi connectivity index (χ1n) is 12.4. The van der Waals surface area contributed by atoms with Crippen LogP contribution in [0.5, 0.6) is 17.2 Å². The van der Waals surface area contributed by atoms with E-state index in [9.17, 15) is 0 Å². The largest absolute Gasteiger partial charge is 0.493 e. The topological polar surface area (TPSA) is 27.7 Å². The number of methoxy groups -OCH3 is 3. The molecule has 0 aliphatic rings. The lowest BCUT2D eigenvalue weighted by molar-refractivity contribution is 0.327. The molecule has 0 unspecified atom stereocenters. The molecule has 0 N–H and O–H groups in total. The summed E-state index contributed by atoms with van der Waals surface area (Å²) < 4.78 is 17.6. The fourth-order valence-corrected chi connectivity index (χ4v) is 5.46. The van der Waals surface area contributed by atoms with Gasteiger partial charge in [-0.15, -0.1) is 0 Å². The first kappa shape index (κ1) is 22.9. The van der Waals surface area contributed by atoms with Gasteiger partial charge in [-0.05, 0) is 74.3 Å². The van der Waals surface area contributed by atoms with Gasteiger partial charge in [0.2, 0.25) is 5.75 Å². The molecule has 0 aliphatic heterocycles. The third-order valence-electron chi connectivity index (χ3n) is 7.19. The molecular formula is C34H28O3. The first-order chi connectivity index (χ1) is 18.1. The predicted molar refractivity (Wildman–Crippen MR) is 154 cm³/mol. The third kappa shape index (κ3) is 3.66. The molecule has 0 spiro atoms. The number of benzene rings is 6. The maximum atomic E-state index is 5.99. The zero-order valence-corrected chi connectivity index (χ0v) is 21.5. The second kappa shape index (κ2) is 9.18. The summed E-state index contributed by atoms with van der Waals surface area (Å²) in [7, 11) is 5.01. The van der Waals surface area contributed by atoms with E-state index in [4.69, 9.17) is 14.2 Å². The van der Waals surface area contributed by atoms with Crippen molar-refractivity contribution in [3.05, 3.63) is 103 Å². The molecule has 6 aromatic rings. The van der Waals surface area contributed by atoms with Crippen LogP contribution in [0.1, 0.15) is 5.56 Å². The van der Waals surface area contributed by atoms with Crippen LogP contribution in [0.25, 0.3) is 54.6 Å². The lowest BCUT2D eigenvalue weighted by atomic mass is 9.86. The molecule has 0 atom stereocenters. The number of hydrogen-bond donors (Lipinski definition) is 0. The Kier molecular flexibility index (Phi) is 5.69. The minimum atomic E-state index is 0.597. The highest BCUT2D eigenvalue weighted by molar-refractivity contribution is 6.31. The predicted octanol–water partition coefficient (Wildman–Crippen LogP) is 8.81. The Morgan fingerprint density at radius 2 is 1.14 bits per heavy atom. The van der Waals surface area contributed by atoms with Gasteiger partial charge < -0.3 is 14.2 Å². The molecular weight excluding hydrogens is 456 g/mol. The summed E-state index contributed by atoms with van der Waals surface area (Å²) in [5.41, 5.74) is 5.95. The minimum Gasteiger partial charge on any atom is -0.493 e. The van der Waals surface area contributed by atoms with E-state index in [1.54, 1.807) is 21.3 Å². The van der Waals surface area contributed by atoms with E-state index >= 15 is 0 Å². The normalized spacial score (nSPS) is 11.2. The van der Waals surface area contributed by atoms with E-state index in [-0.39, 0.29) is 0 Å². The van der Waals surface area contributed by atoms with E-state index in [1.807, 2.05) is 0 Å². The molecule has 3 heteroatoms. The van der Waals surface area contributed by atoms with Crippen molar-refractivity contribution in [2.75, 3.05) is 21.3 Å². The van der Waals surface area contributed by atoms with Gasteiger partial charge in [0.15, 0.2) is 11.5 Å². The van der Waals surface area contributed by atoms with Gasteiger partial charge in [0.1, 0.15) is 0 Å². The summed E-state index contributed by atoms with van der Waals surface area (Å²) in [6.45, 7) is 2.12. The lowest BCUT2D eigenvalue weighted by Gasteiger charge is -2.20. The summed E-state index contributed by atoms with van der Waals surface area (Å²) in [6, 6.07) is 34.6. The van der Waals surface area contributed by atoms with Crippen molar-refractivity contribution in [1.82, 2.24) is 0 Å². The van der Waals surface area contributed by atoms with E-state index in [1.165, 1.54) is 33.0 Å². The second-order valence-corrected chi connectivity index (χ2v) is 9.29. The summed E-state index contributed by atoms with van der Waals surface area (Å²) in [4.78, 5) is 0. The Hall–Kier alpha value is -4.50. The fourth-order valence-electron chi connectivity index (χ4n) is 5.46. The Labute approximate surface area is 216 Å². The molecule has 6 aromatic carbocycles. The fraction of sp³-hybridized carbons (Fsp3) is 0.118. The van der Waals surface area contributed by atoms with Crippen LogP contribution >= 0.6 is 0 Å².